The summed E-state index contributed by atoms with van der Waals surface area (Å²) in [5.41, 5.74) is 20.9. The summed E-state index contributed by atoms with van der Waals surface area (Å²) in [4.78, 5) is 24.5. The number of carbonyl (C=O) groups excluding carboxylic acids is 1. The molecule has 8 N–H and O–H groups in total. The molecule has 0 saturated carbocycles. The van der Waals surface area contributed by atoms with Crippen molar-refractivity contribution >= 4 is 17.8 Å². The first-order chi connectivity index (χ1) is 8.00. The molecule has 1 rings (SSSR count). The van der Waals surface area contributed by atoms with Crippen LogP contribution in [0, 0.1) is 0 Å². The van der Waals surface area contributed by atoms with Gasteiger partial charge in [-0.25, -0.2) is 10.1 Å². The largest absolute Gasteiger partial charge is 0.370 e. The molecule has 1 fully saturated rings. The highest BCUT2D eigenvalue weighted by Gasteiger charge is 2.27. The molecule has 0 bridgehead atoms. The Kier molecular flexibility index (Phi) is 4.52. The number of hydrogen-bond donors (Lipinski definition) is 4. The van der Waals surface area contributed by atoms with Crippen molar-refractivity contribution in [1.29, 1.82) is 0 Å². The molecule has 9 heteroatoms. The van der Waals surface area contributed by atoms with Gasteiger partial charge >= 0.3 is 0 Å². The molecule has 9 nitrogen and oxygen atoms in total. The van der Waals surface area contributed by atoms with E-state index < -0.39 is 6.04 Å². The number of aliphatic imine (C=N–C) groups is 2. The van der Waals surface area contributed by atoms with E-state index in [-0.39, 0.29) is 24.4 Å². The van der Waals surface area contributed by atoms with Gasteiger partial charge in [0.1, 0.15) is 0 Å². The lowest BCUT2D eigenvalue weighted by Crippen LogP contribution is -2.40. The van der Waals surface area contributed by atoms with Gasteiger partial charge in [0.2, 0.25) is 0 Å². The molecule has 0 spiro atoms. The summed E-state index contributed by atoms with van der Waals surface area (Å²) in [5, 5.41) is 1.22. The Labute approximate surface area is 98.4 Å². The summed E-state index contributed by atoms with van der Waals surface area (Å²) in [5.74, 6) is -0.690. The summed E-state index contributed by atoms with van der Waals surface area (Å²) >= 11 is 0. The second-order valence-electron chi connectivity index (χ2n) is 3.46. The number of nitrogens with two attached hydrogens (primary N) is 4. The van der Waals surface area contributed by atoms with Gasteiger partial charge in [-0.3, -0.25) is 14.6 Å². The van der Waals surface area contributed by atoms with Gasteiger partial charge in [-0.2, -0.15) is 0 Å². The third-order valence-corrected chi connectivity index (χ3v) is 2.04. The molecule has 1 heterocycles. The van der Waals surface area contributed by atoms with Crippen molar-refractivity contribution in [3.8, 4) is 0 Å². The van der Waals surface area contributed by atoms with Crippen molar-refractivity contribution in [2.75, 3.05) is 19.7 Å². The zero-order valence-electron chi connectivity index (χ0n) is 9.37. The zero-order valence-corrected chi connectivity index (χ0v) is 9.37. The summed E-state index contributed by atoms with van der Waals surface area (Å²) in [7, 11) is 0. The molecule has 0 aromatic rings. The van der Waals surface area contributed by atoms with E-state index in [4.69, 9.17) is 27.8 Å². The van der Waals surface area contributed by atoms with Gasteiger partial charge in [0.25, 0.3) is 5.91 Å². The van der Waals surface area contributed by atoms with Crippen LogP contribution >= 0.6 is 0 Å². The molecule has 0 aliphatic carbocycles. The third-order valence-electron chi connectivity index (χ3n) is 2.04. The van der Waals surface area contributed by atoms with Crippen LogP contribution in [-0.2, 0) is 9.63 Å². The average molecular weight is 243 g/mol. The van der Waals surface area contributed by atoms with Crippen molar-refractivity contribution in [3.63, 3.8) is 0 Å². The van der Waals surface area contributed by atoms with E-state index in [0.29, 0.717) is 13.2 Å². The first kappa shape index (κ1) is 13.0. The molecule has 1 saturated heterocycles. The summed E-state index contributed by atoms with van der Waals surface area (Å²) in [6, 6.07) is -0.861. The quantitative estimate of drug-likeness (QED) is 0.305. The van der Waals surface area contributed by atoms with Crippen LogP contribution in [0.15, 0.2) is 9.98 Å². The number of hydrogen-bond acceptors (Lipinski definition) is 4. The predicted octanol–water partition coefficient (Wildman–Crippen LogP) is -2.93. The summed E-state index contributed by atoms with van der Waals surface area (Å²) < 4.78 is 0. The van der Waals surface area contributed by atoms with Crippen LogP contribution in [0.25, 0.3) is 0 Å². The molecule has 1 atom stereocenters. The Morgan fingerprint density at radius 1 is 1.29 bits per heavy atom. The normalized spacial score (nSPS) is 16.4. The lowest BCUT2D eigenvalue weighted by atomic mass is 10.3. The third kappa shape index (κ3) is 4.15. The SMILES string of the molecule is NC(N)=NCC(N=C(N)N)C(=O)N1CCCO1. The first-order valence-corrected chi connectivity index (χ1v) is 5.09. The molecular formula is C8H17N7O2. The van der Waals surface area contributed by atoms with E-state index in [1.54, 1.807) is 0 Å². The number of amides is 1. The van der Waals surface area contributed by atoms with Gasteiger partial charge in [-0.05, 0) is 6.42 Å². The van der Waals surface area contributed by atoms with Crippen molar-refractivity contribution in [3.05, 3.63) is 0 Å². The van der Waals surface area contributed by atoms with Gasteiger partial charge in [-0.15, -0.1) is 0 Å². The van der Waals surface area contributed by atoms with E-state index in [2.05, 4.69) is 9.98 Å². The van der Waals surface area contributed by atoms with Gasteiger partial charge < -0.3 is 22.9 Å². The van der Waals surface area contributed by atoms with E-state index in [1.807, 2.05) is 0 Å². The second kappa shape index (κ2) is 5.89. The fourth-order valence-corrected chi connectivity index (χ4v) is 1.33. The number of nitrogens with zero attached hydrogens (tertiary/aromatic N) is 3. The maximum atomic E-state index is 11.9. The van der Waals surface area contributed by atoms with Crippen molar-refractivity contribution in [2.24, 2.45) is 32.9 Å². The van der Waals surface area contributed by atoms with Crippen molar-refractivity contribution in [2.45, 2.75) is 12.5 Å². The van der Waals surface area contributed by atoms with Gasteiger partial charge in [-0.1, -0.05) is 0 Å². The minimum atomic E-state index is -0.861. The molecular weight excluding hydrogens is 226 g/mol. The Morgan fingerprint density at radius 2 is 2.00 bits per heavy atom. The topological polar surface area (TPSA) is 158 Å². The summed E-state index contributed by atoms with van der Waals surface area (Å²) in [6.45, 7) is 0.999. The fraction of sp³-hybridized carbons (Fsp3) is 0.625. The van der Waals surface area contributed by atoms with Gasteiger partial charge in [0, 0.05) is 0 Å². The maximum Gasteiger partial charge on any atom is 0.272 e. The van der Waals surface area contributed by atoms with Crippen LogP contribution < -0.4 is 22.9 Å². The van der Waals surface area contributed by atoms with E-state index in [1.165, 1.54) is 5.06 Å². The highest BCUT2D eigenvalue weighted by atomic mass is 16.7. The van der Waals surface area contributed by atoms with Crippen LogP contribution in [0.5, 0.6) is 0 Å². The standard InChI is InChI=1S/C8H17N7O2/c9-7(10)13-4-5(14-8(11)12)6(16)15-2-1-3-17-15/h5H,1-4H2,(H4,9,10,13)(H4,11,12,14). The highest BCUT2D eigenvalue weighted by Crippen LogP contribution is 2.08. The van der Waals surface area contributed by atoms with Crippen LogP contribution in [0.1, 0.15) is 6.42 Å². The highest BCUT2D eigenvalue weighted by molar-refractivity contribution is 5.86. The van der Waals surface area contributed by atoms with E-state index >= 15 is 0 Å². The molecule has 96 valence electrons. The van der Waals surface area contributed by atoms with Crippen molar-refractivity contribution < 1.29 is 9.63 Å². The predicted molar refractivity (Wildman–Crippen MR) is 62.6 cm³/mol. The molecule has 1 aliphatic rings. The van der Waals surface area contributed by atoms with Crippen LogP contribution in [0.3, 0.4) is 0 Å². The second-order valence-corrected chi connectivity index (χ2v) is 3.46. The van der Waals surface area contributed by atoms with Crippen LogP contribution in [-0.4, -0.2) is 48.6 Å². The Balaban J connectivity index is 2.71. The molecule has 17 heavy (non-hydrogen) atoms. The molecule has 0 aromatic heterocycles. The van der Waals surface area contributed by atoms with Crippen molar-refractivity contribution in [1.82, 2.24) is 5.06 Å². The summed E-state index contributed by atoms with van der Waals surface area (Å²) in [6.07, 6.45) is 0.780. The molecule has 1 aliphatic heterocycles. The minimum absolute atomic E-state index is 0.0150. The fourth-order valence-electron chi connectivity index (χ4n) is 1.33. The number of rotatable bonds is 4. The smallest absolute Gasteiger partial charge is 0.272 e. The Hall–Kier alpha value is -2.03. The van der Waals surface area contributed by atoms with Crippen LogP contribution in [0.2, 0.25) is 0 Å². The first-order valence-electron chi connectivity index (χ1n) is 5.09. The Bertz CT molecular complexity index is 327. The number of carbonyl (C=O) groups is 1. The van der Waals surface area contributed by atoms with E-state index in [0.717, 1.165) is 6.42 Å². The molecule has 1 amide bonds. The molecule has 0 radical (unpaired) electrons. The van der Waals surface area contributed by atoms with E-state index in [9.17, 15) is 4.79 Å². The lowest BCUT2D eigenvalue weighted by Gasteiger charge is -2.18. The Morgan fingerprint density at radius 3 is 2.47 bits per heavy atom. The monoisotopic (exact) mass is 243 g/mol. The molecule has 0 aromatic carbocycles. The van der Waals surface area contributed by atoms with Gasteiger partial charge in [0.15, 0.2) is 18.0 Å². The number of hydroxylamine groups is 2. The average Bonchev–Trinajstić information content (AvgIpc) is 2.75. The van der Waals surface area contributed by atoms with Crippen LogP contribution in [0.4, 0.5) is 0 Å². The maximum absolute atomic E-state index is 11.9. The zero-order chi connectivity index (χ0) is 12.8. The molecule has 1 unspecified atom stereocenters. The lowest BCUT2D eigenvalue weighted by molar-refractivity contribution is -0.169. The number of guanidine groups is 2. The minimum Gasteiger partial charge on any atom is -0.370 e. The van der Waals surface area contributed by atoms with Gasteiger partial charge in [0.05, 0.1) is 19.7 Å².